The van der Waals surface area contributed by atoms with Gasteiger partial charge in [0.25, 0.3) is 0 Å². The molecule has 2 atom stereocenters. The van der Waals surface area contributed by atoms with Gasteiger partial charge in [0.2, 0.25) is 5.91 Å². The van der Waals surface area contributed by atoms with Gasteiger partial charge in [-0.1, -0.05) is 19.8 Å². The van der Waals surface area contributed by atoms with Crippen LogP contribution in [0.15, 0.2) is 6.20 Å². The third-order valence-electron chi connectivity index (χ3n) is 3.78. The summed E-state index contributed by atoms with van der Waals surface area (Å²) in [5, 5.41) is 12.9. The molecule has 5 nitrogen and oxygen atoms in total. The van der Waals surface area contributed by atoms with Crippen LogP contribution in [-0.2, 0) is 22.6 Å². The van der Waals surface area contributed by atoms with E-state index in [2.05, 4.69) is 17.2 Å². The first-order chi connectivity index (χ1) is 9.61. The van der Waals surface area contributed by atoms with Crippen LogP contribution in [0.25, 0.3) is 0 Å². The number of aliphatic carboxylic acids is 1. The summed E-state index contributed by atoms with van der Waals surface area (Å²) in [6.07, 6.45) is 5.86. The minimum Gasteiger partial charge on any atom is -0.481 e. The van der Waals surface area contributed by atoms with Crippen LogP contribution in [0.4, 0.5) is 0 Å². The molecule has 0 radical (unpaired) electrons. The maximum Gasteiger partial charge on any atom is 0.307 e. The van der Waals surface area contributed by atoms with Crippen molar-refractivity contribution >= 4 is 23.2 Å². The molecule has 1 heterocycles. The second kappa shape index (κ2) is 6.83. The second-order valence-electron chi connectivity index (χ2n) is 5.13. The van der Waals surface area contributed by atoms with Gasteiger partial charge in [-0.25, -0.2) is 4.98 Å². The number of carboxylic acid groups (broad SMARTS) is 1. The number of thiazole rings is 1. The van der Waals surface area contributed by atoms with Crippen molar-refractivity contribution in [3.8, 4) is 0 Å². The SMILES string of the molecule is CCc1cnc(CNC(=O)C2CCCCC2C(=O)O)s1. The molecule has 1 saturated carbocycles. The van der Waals surface area contributed by atoms with Crippen LogP contribution in [0.2, 0.25) is 0 Å². The molecule has 1 fully saturated rings. The van der Waals surface area contributed by atoms with Crippen LogP contribution in [-0.4, -0.2) is 22.0 Å². The zero-order valence-electron chi connectivity index (χ0n) is 11.6. The highest BCUT2D eigenvalue weighted by molar-refractivity contribution is 7.11. The number of carbonyl (C=O) groups is 2. The summed E-state index contributed by atoms with van der Waals surface area (Å²) in [5.41, 5.74) is 0. The first-order valence-electron chi connectivity index (χ1n) is 7.06. The van der Waals surface area contributed by atoms with Crippen LogP contribution in [0.5, 0.6) is 0 Å². The number of carbonyl (C=O) groups excluding carboxylic acids is 1. The molecule has 1 amide bonds. The lowest BCUT2D eigenvalue weighted by Gasteiger charge is -2.27. The van der Waals surface area contributed by atoms with Gasteiger partial charge in [0.15, 0.2) is 0 Å². The smallest absolute Gasteiger partial charge is 0.307 e. The van der Waals surface area contributed by atoms with Crippen molar-refractivity contribution in [2.24, 2.45) is 11.8 Å². The maximum absolute atomic E-state index is 12.2. The van der Waals surface area contributed by atoms with Gasteiger partial charge in [-0.05, 0) is 19.3 Å². The van der Waals surface area contributed by atoms with Crippen LogP contribution in [0.1, 0.15) is 42.5 Å². The minimum absolute atomic E-state index is 0.148. The van der Waals surface area contributed by atoms with Crippen molar-refractivity contribution in [3.05, 3.63) is 16.1 Å². The molecule has 2 unspecified atom stereocenters. The number of hydrogen-bond donors (Lipinski definition) is 2. The number of amides is 1. The maximum atomic E-state index is 12.2. The molecule has 20 heavy (non-hydrogen) atoms. The lowest BCUT2D eigenvalue weighted by atomic mass is 9.79. The van der Waals surface area contributed by atoms with Crippen molar-refractivity contribution in [1.82, 2.24) is 10.3 Å². The van der Waals surface area contributed by atoms with Gasteiger partial charge in [0, 0.05) is 11.1 Å². The fourth-order valence-electron chi connectivity index (χ4n) is 2.63. The summed E-state index contributed by atoms with van der Waals surface area (Å²) in [5.74, 6) is -1.93. The Hall–Kier alpha value is -1.43. The second-order valence-corrected chi connectivity index (χ2v) is 6.33. The highest BCUT2D eigenvalue weighted by atomic mass is 32.1. The molecule has 0 bridgehead atoms. The van der Waals surface area contributed by atoms with E-state index in [4.69, 9.17) is 0 Å². The molecule has 6 heteroatoms. The van der Waals surface area contributed by atoms with Crippen LogP contribution < -0.4 is 5.32 Å². The van der Waals surface area contributed by atoms with Gasteiger partial charge < -0.3 is 10.4 Å². The highest BCUT2D eigenvalue weighted by Gasteiger charge is 2.35. The Morgan fingerprint density at radius 3 is 2.70 bits per heavy atom. The first kappa shape index (κ1) is 15.0. The summed E-state index contributed by atoms with van der Waals surface area (Å²) >= 11 is 1.59. The minimum atomic E-state index is -0.854. The van der Waals surface area contributed by atoms with E-state index >= 15 is 0 Å². The number of nitrogens with one attached hydrogen (secondary N) is 1. The zero-order chi connectivity index (χ0) is 14.5. The summed E-state index contributed by atoms with van der Waals surface area (Å²) in [4.78, 5) is 28.8. The molecule has 0 aromatic carbocycles. The number of rotatable bonds is 5. The summed E-state index contributed by atoms with van der Waals surface area (Å²) < 4.78 is 0. The van der Waals surface area contributed by atoms with Crippen molar-refractivity contribution in [2.45, 2.75) is 45.6 Å². The Morgan fingerprint density at radius 1 is 1.40 bits per heavy atom. The normalized spacial score (nSPS) is 22.4. The molecule has 110 valence electrons. The number of hydrogen-bond acceptors (Lipinski definition) is 4. The van der Waals surface area contributed by atoms with Crippen LogP contribution in [0.3, 0.4) is 0 Å². The van der Waals surface area contributed by atoms with E-state index in [-0.39, 0.29) is 5.91 Å². The molecule has 2 rings (SSSR count). The van der Waals surface area contributed by atoms with E-state index in [1.165, 1.54) is 4.88 Å². The Labute approximate surface area is 122 Å². The van der Waals surface area contributed by atoms with E-state index in [1.807, 2.05) is 6.20 Å². The average molecular weight is 296 g/mol. The number of carboxylic acids is 1. The van der Waals surface area contributed by atoms with Gasteiger partial charge in [0.1, 0.15) is 5.01 Å². The van der Waals surface area contributed by atoms with Gasteiger partial charge in [-0.2, -0.15) is 0 Å². The molecule has 0 spiro atoms. The third-order valence-corrected chi connectivity index (χ3v) is 4.93. The molecule has 0 aliphatic heterocycles. The molecule has 1 aromatic heterocycles. The van der Waals surface area contributed by atoms with Gasteiger partial charge in [0.05, 0.1) is 18.4 Å². The fraction of sp³-hybridized carbons (Fsp3) is 0.643. The van der Waals surface area contributed by atoms with E-state index in [9.17, 15) is 14.7 Å². The summed E-state index contributed by atoms with van der Waals surface area (Å²) in [6, 6.07) is 0. The van der Waals surface area contributed by atoms with Crippen molar-refractivity contribution in [3.63, 3.8) is 0 Å². The molecular formula is C14H20N2O3S. The predicted molar refractivity (Wildman–Crippen MR) is 76.4 cm³/mol. The Balaban J connectivity index is 1.91. The number of aromatic nitrogens is 1. The molecule has 1 aromatic rings. The van der Waals surface area contributed by atoms with E-state index in [0.29, 0.717) is 19.4 Å². The molecule has 2 N–H and O–H groups in total. The number of nitrogens with zero attached hydrogens (tertiary/aromatic N) is 1. The monoisotopic (exact) mass is 296 g/mol. The largest absolute Gasteiger partial charge is 0.481 e. The lowest BCUT2D eigenvalue weighted by molar-refractivity contribution is -0.148. The topological polar surface area (TPSA) is 79.3 Å². The van der Waals surface area contributed by atoms with Crippen LogP contribution >= 0.6 is 11.3 Å². The zero-order valence-corrected chi connectivity index (χ0v) is 12.4. The van der Waals surface area contributed by atoms with Crippen LogP contribution in [0, 0.1) is 11.8 Å². The predicted octanol–water partition coefficient (Wildman–Crippen LogP) is 2.21. The quantitative estimate of drug-likeness (QED) is 0.873. The molecule has 1 aliphatic rings. The van der Waals surface area contributed by atoms with E-state index < -0.39 is 17.8 Å². The first-order valence-corrected chi connectivity index (χ1v) is 7.87. The van der Waals surface area contributed by atoms with Gasteiger partial charge in [-0.15, -0.1) is 11.3 Å². The fourth-order valence-corrected chi connectivity index (χ4v) is 3.43. The average Bonchev–Trinajstić information content (AvgIpc) is 2.92. The van der Waals surface area contributed by atoms with E-state index in [1.54, 1.807) is 11.3 Å². The lowest BCUT2D eigenvalue weighted by Crippen LogP contribution is -2.39. The summed E-state index contributed by atoms with van der Waals surface area (Å²) in [7, 11) is 0. The Kier molecular flexibility index (Phi) is 5.11. The number of aryl methyl sites for hydroxylation is 1. The summed E-state index contributed by atoms with van der Waals surface area (Å²) in [6.45, 7) is 2.46. The standard InChI is InChI=1S/C14H20N2O3S/c1-2-9-7-15-12(20-9)8-16-13(17)10-5-3-4-6-11(10)14(18)19/h7,10-11H,2-6,8H2,1H3,(H,16,17)(H,18,19). The molecular weight excluding hydrogens is 276 g/mol. The third kappa shape index (κ3) is 3.56. The van der Waals surface area contributed by atoms with Crippen molar-refractivity contribution < 1.29 is 14.7 Å². The van der Waals surface area contributed by atoms with Gasteiger partial charge >= 0.3 is 5.97 Å². The molecule has 0 saturated heterocycles. The van der Waals surface area contributed by atoms with E-state index in [0.717, 1.165) is 24.3 Å². The highest BCUT2D eigenvalue weighted by Crippen LogP contribution is 2.30. The Bertz CT molecular complexity index is 487. The molecule has 1 aliphatic carbocycles. The van der Waals surface area contributed by atoms with Gasteiger partial charge in [-0.3, -0.25) is 9.59 Å². The van der Waals surface area contributed by atoms with Crippen molar-refractivity contribution in [1.29, 1.82) is 0 Å². The van der Waals surface area contributed by atoms with Crippen molar-refractivity contribution in [2.75, 3.05) is 0 Å². The Morgan fingerprint density at radius 2 is 2.10 bits per heavy atom.